The van der Waals surface area contributed by atoms with Crippen LogP contribution in [0.15, 0.2) is 67.0 Å². The summed E-state index contributed by atoms with van der Waals surface area (Å²) in [7, 11) is 3.05. The number of rotatable bonds is 16. The summed E-state index contributed by atoms with van der Waals surface area (Å²) in [5, 5.41) is 27.9. The van der Waals surface area contributed by atoms with Gasteiger partial charge in [-0.05, 0) is 87.2 Å². The van der Waals surface area contributed by atoms with Crippen LogP contribution < -0.4 is 26.2 Å². The quantitative estimate of drug-likeness (QED) is 0.0509. The zero-order valence-corrected chi connectivity index (χ0v) is 34.4. The number of hydrogen-bond acceptors (Lipinski definition) is 10. The second kappa shape index (κ2) is 20.4. The third-order valence-electron chi connectivity index (χ3n) is 11.0. The topological polar surface area (TPSA) is 155 Å². The molecule has 12 nitrogen and oxygen atoms in total. The SMILES string of the molecule is COC(=O)N[C@H](C(=O)N[C@@H](Cc1ccc(C#Cc2ccc(N3C[C@H]4CN(C)C[C@H]4C3)nc2)cc1)[C@@H](O)CNCc1c(F)cc(C(=N)/C=C\NC(F)F)cc1F)C(C)(C)C(F)(F)F. The molecule has 0 radical (unpaired) electrons. The Morgan fingerprint density at radius 3 is 2.16 bits per heavy atom. The first-order valence-electron chi connectivity index (χ1n) is 19.6. The van der Waals surface area contributed by atoms with Crippen molar-refractivity contribution in [3.63, 3.8) is 0 Å². The lowest BCUT2D eigenvalue weighted by molar-refractivity contribution is -0.220. The molecule has 2 fully saturated rings. The number of benzene rings is 2. The van der Waals surface area contributed by atoms with Gasteiger partial charge in [0.1, 0.15) is 23.5 Å². The highest BCUT2D eigenvalue weighted by Gasteiger charge is 2.56. The van der Waals surface area contributed by atoms with Crippen LogP contribution in [0, 0.1) is 46.1 Å². The molecule has 0 saturated carbocycles. The van der Waals surface area contributed by atoms with Gasteiger partial charge in [0, 0.05) is 73.9 Å². The minimum Gasteiger partial charge on any atom is -0.453 e. The number of ether oxygens (including phenoxy) is 1. The molecule has 0 unspecified atom stereocenters. The van der Waals surface area contributed by atoms with Crippen LogP contribution in [0.4, 0.5) is 41.3 Å². The lowest BCUT2D eigenvalue weighted by atomic mass is 9.82. The van der Waals surface area contributed by atoms with Crippen LogP contribution in [0.25, 0.3) is 0 Å². The number of nitrogens with zero attached hydrogens (tertiary/aromatic N) is 3. The standard InChI is InChI=1S/C43H49F7N8O4/c1-42(2,43(48,49)50)38(56-41(61)62-4)39(60)55-35(36(59)20-52-19-31-32(44)16-28(17-33(31)45)34(51)13-14-53-40(46)47)15-26-8-5-25(6-9-26)7-10-27-11-12-37(54-18-27)58-23-29-21-57(3)22-30(29)24-58/h5-6,8-9,11-14,16-18,29-30,35-36,38,40,51-53,59H,15,19-24H2,1-4H3,(H,55,60)(H,56,61)/b14-13-,51-34?/t29-,30+,35-,36-,38+/m0/s1. The first-order valence-corrected chi connectivity index (χ1v) is 19.6. The number of fused-ring (bicyclic) bond motifs is 1. The van der Waals surface area contributed by atoms with Crippen molar-refractivity contribution in [3.05, 3.63) is 106 Å². The van der Waals surface area contributed by atoms with Crippen molar-refractivity contribution in [2.24, 2.45) is 17.3 Å². The van der Waals surface area contributed by atoms with Crippen molar-refractivity contribution < 1.29 is 50.2 Å². The lowest BCUT2D eigenvalue weighted by Gasteiger charge is -2.36. The molecule has 19 heteroatoms. The van der Waals surface area contributed by atoms with Crippen molar-refractivity contribution in [2.75, 3.05) is 51.8 Å². The van der Waals surface area contributed by atoms with Crippen LogP contribution in [-0.2, 0) is 22.5 Å². The van der Waals surface area contributed by atoms with Crippen molar-refractivity contribution >= 4 is 23.5 Å². The third-order valence-corrected chi connectivity index (χ3v) is 11.0. The fourth-order valence-electron chi connectivity index (χ4n) is 7.36. The molecule has 62 heavy (non-hydrogen) atoms. The van der Waals surface area contributed by atoms with E-state index in [1.54, 1.807) is 35.8 Å². The molecule has 0 spiro atoms. The maximum absolute atomic E-state index is 15.0. The minimum atomic E-state index is -4.98. The molecule has 6 N–H and O–H groups in total. The van der Waals surface area contributed by atoms with Crippen molar-refractivity contribution in [1.29, 1.82) is 5.41 Å². The van der Waals surface area contributed by atoms with Gasteiger partial charge in [-0.1, -0.05) is 24.0 Å². The summed E-state index contributed by atoms with van der Waals surface area (Å²) < 4.78 is 102. The van der Waals surface area contributed by atoms with Crippen LogP contribution in [0.3, 0.4) is 0 Å². The van der Waals surface area contributed by atoms with Gasteiger partial charge >= 0.3 is 18.8 Å². The number of aliphatic hydroxyl groups excluding tert-OH is 1. The van der Waals surface area contributed by atoms with Crippen LogP contribution in [0.5, 0.6) is 0 Å². The molecule has 2 aromatic carbocycles. The summed E-state index contributed by atoms with van der Waals surface area (Å²) in [5.41, 5.74) is -2.19. The number of carbonyl (C=O) groups excluding carboxylic acids is 2. The summed E-state index contributed by atoms with van der Waals surface area (Å²) >= 11 is 0. The van der Waals surface area contributed by atoms with Gasteiger partial charge in [0.05, 0.1) is 30.4 Å². The predicted molar refractivity (Wildman–Crippen MR) is 217 cm³/mol. The Bertz CT molecular complexity index is 2110. The highest BCUT2D eigenvalue weighted by molar-refractivity contribution is 6.06. The maximum Gasteiger partial charge on any atom is 0.407 e. The molecule has 0 bridgehead atoms. The van der Waals surface area contributed by atoms with E-state index in [0.29, 0.717) is 42.4 Å². The van der Waals surface area contributed by atoms with E-state index < -0.39 is 84.3 Å². The first-order chi connectivity index (χ1) is 29.2. The van der Waals surface area contributed by atoms with Crippen LogP contribution in [0.2, 0.25) is 0 Å². The molecule has 2 aliphatic heterocycles. The molecule has 5 rings (SSSR count). The van der Waals surface area contributed by atoms with Gasteiger partial charge < -0.3 is 46.3 Å². The van der Waals surface area contributed by atoms with E-state index in [2.05, 4.69) is 49.0 Å². The van der Waals surface area contributed by atoms with E-state index in [-0.39, 0.29) is 12.0 Å². The summed E-state index contributed by atoms with van der Waals surface area (Å²) in [4.78, 5) is 35.0. The third kappa shape index (κ3) is 12.2. The number of amides is 2. The Hall–Kier alpha value is -5.71. The number of methoxy groups -OCH3 is 1. The Labute approximate surface area is 354 Å². The number of aromatic nitrogens is 1. The van der Waals surface area contributed by atoms with E-state index in [1.807, 2.05) is 17.4 Å². The zero-order chi connectivity index (χ0) is 45.4. The fraction of sp³-hybridized carbons (Fsp3) is 0.442. The van der Waals surface area contributed by atoms with E-state index in [4.69, 9.17) is 5.41 Å². The summed E-state index contributed by atoms with van der Waals surface area (Å²) in [5.74, 6) is 4.83. The molecule has 2 amide bonds. The number of aliphatic hydroxyl groups is 1. The average molecular weight is 875 g/mol. The number of anilines is 1. The van der Waals surface area contributed by atoms with Gasteiger partial charge in [0.15, 0.2) is 0 Å². The molecule has 334 valence electrons. The second-order valence-corrected chi connectivity index (χ2v) is 15.9. The smallest absolute Gasteiger partial charge is 0.407 e. The first kappa shape index (κ1) is 47.3. The second-order valence-electron chi connectivity index (χ2n) is 15.9. The maximum atomic E-state index is 15.0. The van der Waals surface area contributed by atoms with Gasteiger partial charge in [0.2, 0.25) is 5.91 Å². The van der Waals surface area contributed by atoms with Gasteiger partial charge in [-0.2, -0.15) is 22.0 Å². The highest BCUT2D eigenvalue weighted by Crippen LogP contribution is 2.40. The number of carbonyl (C=O) groups is 2. The molecule has 2 saturated heterocycles. The fourth-order valence-corrected chi connectivity index (χ4v) is 7.36. The molecular weight excluding hydrogens is 826 g/mol. The molecule has 1 aromatic heterocycles. The summed E-state index contributed by atoms with van der Waals surface area (Å²) in [6.45, 7) is 1.66. The number of alkyl halides is 5. The Morgan fingerprint density at radius 1 is 0.984 bits per heavy atom. The van der Waals surface area contributed by atoms with Crippen LogP contribution in [0.1, 0.15) is 41.7 Å². The normalized spacial score (nSPS) is 18.2. The number of allylic oxidation sites excluding steroid dienone is 1. The van der Waals surface area contributed by atoms with Gasteiger partial charge in [-0.3, -0.25) is 4.79 Å². The Kier molecular flexibility index (Phi) is 15.6. The lowest BCUT2D eigenvalue weighted by Crippen LogP contribution is -2.62. The van der Waals surface area contributed by atoms with E-state index >= 15 is 0 Å². The molecule has 0 aliphatic carbocycles. The molecule has 5 atom stereocenters. The number of alkyl carbamates (subject to hydrolysis) is 1. The summed E-state index contributed by atoms with van der Waals surface area (Å²) in [6, 6.07) is 8.64. The highest BCUT2D eigenvalue weighted by atomic mass is 19.4. The molecule has 2 aliphatic rings. The Balaban J connectivity index is 1.29. The molecular formula is C43H49F7N8O4. The number of halogens is 7. The molecule has 3 heterocycles. The average Bonchev–Trinajstić information content (AvgIpc) is 3.77. The Morgan fingerprint density at radius 2 is 1.60 bits per heavy atom. The van der Waals surface area contributed by atoms with Crippen molar-refractivity contribution in [2.45, 2.75) is 57.7 Å². The zero-order valence-electron chi connectivity index (χ0n) is 34.4. The van der Waals surface area contributed by atoms with Gasteiger partial charge in [-0.15, -0.1) is 0 Å². The number of likely N-dealkylation sites (tertiary alicyclic amines) is 1. The van der Waals surface area contributed by atoms with E-state index in [1.165, 1.54) is 0 Å². The monoisotopic (exact) mass is 874 g/mol. The number of nitrogens with one attached hydrogen (secondary N) is 5. The van der Waals surface area contributed by atoms with Crippen molar-refractivity contribution in [1.82, 2.24) is 31.2 Å². The number of hydrogen-bond donors (Lipinski definition) is 6. The minimum absolute atomic E-state index is 0.146. The largest absolute Gasteiger partial charge is 0.453 e. The van der Waals surface area contributed by atoms with Gasteiger partial charge in [-0.25, -0.2) is 18.6 Å². The van der Waals surface area contributed by atoms with Crippen molar-refractivity contribution in [3.8, 4) is 11.8 Å². The van der Waals surface area contributed by atoms with Gasteiger partial charge in [0.25, 0.3) is 0 Å². The molecule has 3 aromatic rings. The predicted octanol–water partition coefficient (Wildman–Crippen LogP) is 4.94. The van der Waals surface area contributed by atoms with E-state index in [9.17, 15) is 45.4 Å². The van der Waals surface area contributed by atoms with Crippen LogP contribution >= 0.6 is 0 Å². The summed E-state index contributed by atoms with van der Waals surface area (Å²) in [6.07, 6.45) is -4.65. The van der Waals surface area contributed by atoms with E-state index in [0.717, 1.165) is 63.5 Å². The number of pyridine rings is 1. The van der Waals surface area contributed by atoms with Crippen LogP contribution in [-0.4, -0.2) is 110 Å².